The van der Waals surface area contributed by atoms with Crippen LogP contribution in [0.2, 0.25) is 0 Å². The molecule has 3 rings (SSSR count). The lowest BCUT2D eigenvalue weighted by atomic mass is 9.72. The van der Waals surface area contributed by atoms with Gasteiger partial charge in [-0.25, -0.2) is 0 Å². The van der Waals surface area contributed by atoms with Crippen molar-refractivity contribution in [3.05, 3.63) is 12.2 Å². The minimum atomic E-state index is 0.312. The molecule has 2 N–H and O–H groups in total. The molecule has 5 heteroatoms. The minimum Gasteiger partial charge on any atom is -0.326 e. The SMILES string of the molecule is CC1(C)CCC(N)C(N2CCn3cnnc3C2)C1. The first-order chi connectivity index (χ1) is 8.55. The highest BCUT2D eigenvalue weighted by Crippen LogP contribution is 2.37. The van der Waals surface area contributed by atoms with Gasteiger partial charge >= 0.3 is 0 Å². The average molecular weight is 249 g/mol. The fourth-order valence-electron chi connectivity index (χ4n) is 3.34. The van der Waals surface area contributed by atoms with Crippen molar-refractivity contribution in [1.29, 1.82) is 0 Å². The Hall–Kier alpha value is -0.940. The van der Waals surface area contributed by atoms with Gasteiger partial charge in [0, 0.05) is 25.2 Å². The molecule has 0 amide bonds. The van der Waals surface area contributed by atoms with Crippen LogP contribution in [0.25, 0.3) is 0 Å². The van der Waals surface area contributed by atoms with Gasteiger partial charge in [-0.2, -0.15) is 0 Å². The topological polar surface area (TPSA) is 60.0 Å². The lowest BCUT2D eigenvalue weighted by molar-refractivity contribution is 0.0577. The van der Waals surface area contributed by atoms with Crippen molar-refractivity contribution in [3.63, 3.8) is 0 Å². The summed E-state index contributed by atoms with van der Waals surface area (Å²) < 4.78 is 2.15. The third-order valence-electron chi connectivity index (χ3n) is 4.55. The normalized spacial score (nSPS) is 32.2. The highest BCUT2D eigenvalue weighted by molar-refractivity contribution is 4.97. The van der Waals surface area contributed by atoms with E-state index in [4.69, 9.17) is 5.73 Å². The Balaban J connectivity index is 1.75. The van der Waals surface area contributed by atoms with E-state index in [9.17, 15) is 0 Å². The van der Waals surface area contributed by atoms with Crippen LogP contribution in [0.4, 0.5) is 0 Å². The monoisotopic (exact) mass is 249 g/mol. The van der Waals surface area contributed by atoms with Crippen molar-refractivity contribution < 1.29 is 0 Å². The van der Waals surface area contributed by atoms with E-state index in [1.54, 1.807) is 0 Å². The van der Waals surface area contributed by atoms with E-state index in [1.165, 1.54) is 12.8 Å². The maximum Gasteiger partial charge on any atom is 0.147 e. The number of nitrogens with zero attached hydrogens (tertiary/aromatic N) is 4. The van der Waals surface area contributed by atoms with Gasteiger partial charge in [0.2, 0.25) is 0 Å². The van der Waals surface area contributed by atoms with Gasteiger partial charge in [-0.05, 0) is 24.7 Å². The van der Waals surface area contributed by atoms with E-state index >= 15 is 0 Å². The Morgan fingerprint density at radius 2 is 2.22 bits per heavy atom. The van der Waals surface area contributed by atoms with Crippen molar-refractivity contribution in [1.82, 2.24) is 19.7 Å². The van der Waals surface area contributed by atoms with E-state index in [0.29, 0.717) is 17.5 Å². The Labute approximate surface area is 108 Å². The molecule has 1 aromatic heterocycles. The summed E-state index contributed by atoms with van der Waals surface area (Å²) in [7, 11) is 0. The summed E-state index contributed by atoms with van der Waals surface area (Å²) >= 11 is 0. The van der Waals surface area contributed by atoms with Crippen LogP contribution in [0.3, 0.4) is 0 Å². The molecule has 1 saturated carbocycles. The maximum atomic E-state index is 6.34. The summed E-state index contributed by atoms with van der Waals surface area (Å²) in [5.74, 6) is 1.08. The van der Waals surface area contributed by atoms with E-state index in [0.717, 1.165) is 31.9 Å². The second-order valence-electron chi connectivity index (χ2n) is 6.55. The molecule has 100 valence electrons. The summed E-state index contributed by atoms with van der Waals surface area (Å²) in [4.78, 5) is 2.51. The molecule has 0 spiro atoms. The van der Waals surface area contributed by atoms with E-state index < -0.39 is 0 Å². The zero-order valence-corrected chi connectivity index (χ0v) is 11.3. The molecule has 5 nitrogen and oxygen atoms in total. The lowest BCUT2D eigenvalue weighted by Crippen LogP contribution is -2.54. The molecule has 0 radical (unpaired) electrons. The van der Waals surface area contributed by atoms with Crippen molar-refractivity contribution in [2.45, 2.75) is 58.3 Å². The molecule has 2 unspecified atom stereocenters. The van der Waals surface area contributed by atoms with Gasteiger partial charge in [0.15, 0.2) is 0 Å². The number of nitrogens with two attached hydrogens (primary N) is 1. The largest absolute Gasteiger partial charge is 0.326 e. The standard InChI is InChI=1S/C13H23N5/c1-13(2)4-3-10(14)11(7-13)17-5-6-18-9-15-16-12(18)8-17/h9-11H,3-8,14H2,1-2H3. The fourth-order valence-corrected chi connectivity index (χ4v) is 3.34. The zero-order chi connectivity index (χ0) is 12.8. The molecule has 1 aliphatic carbocycles. The van der Waals surface area contributed by atoms with E-state index in [2.05, 4.69) is 33.5 Å². The zero-order valence-electron chi connectivity index (χ0n) is 11.3. The number of fused-ring (bicyclic) bond motifs is 1. The highest BCUT2D eigenvalue weighted by atomic mass is 15.3. The number of aromatic nitrogens is 3. The van der Waals surface area contributed by atoms with E-state index in [1.807, 2.05) is 6.33 Å². The second kappa shape index (κ2) is 4.31. The third-order valence-corrected chi connectivity index (χ3v) is 4.55. The molecule has 0 aromatic carbocycles. The molecule has 2 heterocycles. The van der Waals surface area contributed by atoms with Gasteiger partial charge in [0.25, 0.3) is 0 Å². The average Bonchev–Trinajstić information content (AvgIpc) is 2.79. The van der Waals surface area contributed by atoms with Gasteiger partial charge in [0.05, 0.1) is 6.54 Å². The Morgan fingerprint density at radius 1 is 1.39 bits per heavy atom. The smallest absolute Gasteiger partial charge is 0.147 e. The Kier molecular flexibility index (Phi) is 2.90. The van der Waals surface area contributed by atoms with E-state index in [-0.39, 0.29) is 0 Å². The summed E-state index contributed by atoms with van der Waals surface area (Å²) in [5, 5.41) is 8.18. The second-order valence-corrected chi connectivity index (χ2v) is 6.55. The summed E-state index contributed by atoms with van der Waals surface area (Å²) in [5.41, 5.74) is 6.76. The minimum absolute atomic E-state index is 0.312. The molecule has 0 bridgehead atoms. The van der Waals surface area contributed by atoms with Crippen LogP contribution in [-0.2, 0) is 13.1 Å². The van der Waals surface area contributed by atoms with Crippen LogP contribution in [0.5, 0.6) is 0 Å². The first-order valence-electron chi connectivity index (χ1n) is 6.91. The summed E-state index contributed by atoms with van der Waals surface area (Å²) in [6, 6.07) is 0.812. The predicted octanol–water partition coefficient (Wildman–Crippen LogP) is 1.000. The quantitative estimate of drug-likeness (QED) is 0.806. The summed E-state index contributed by atoms with van der Waals surface area (Å²) in [6.07, 6.45) is 5.41. The van der Waals surface area contributed by atoms with Gasteiger partial charge in [-0.3, -0.25) is 4.90 Å². The van der Waals surface area contributed by atoms with Gasteiger partial charge < -0.3 is 10.3 Å². The molecule has 0 saturated heterocycles. The van der Waals surface area contributed by atoms with Crippen LogP contribution < -0.4 is 5.73 Å². The fraction of sp³-hybridized carbons (Fsp3) is 0.846. The maximum absolute atomic E-state index is 6.34. The Bertz CT molecular complexity index is 425. The number of hydrogen-bond acceptors (Lipinski definition) is 4. The van der Waals surface area contributed by atoms with Gasteiger partial charge in [-0.1, -0.05) is 13.8 Å². The molecule has 1 fully saturated rings. The highest BCUT2D eigenvalue weighted by Gasteiger charge is 2.37. The number of rotatable bonds is 1. The molecule has 2 atom stereocenters. The lowest BCUT2D eigenvalue weighted by Gasteiger charge is -2.45. The van der Waals surface area contributed by atoms with Crippen molar-refractivity contribution in [3.8, 4) is 0 Å². The first kappa shape index (κ1) is 12.1. The van der Waals surface area contributed by atoms with Crippen molar-refractivity contribution in [2.75, 3.05) is 6.54 Å². The van der Waals surface area contributed by atoms with Crippen LogP contribution in [0.1, 0.15) is 38.9 Å². The first-order valence-corrected chi connectivity index (χ1v) is 6.91. The predicted molar refractivity (Wildman–Crippen MR) is 69.8 cm³/mol. The third kappa shape index (κ3) is 2.17. The molecular weight excluding hydrogens is 226 g/mol. The molecular formula is C13H23N5. The number of hydrogen-bond donors (Lipinski definition) is 1. The Morgan fingerprint density at radius 3 is 3.06 bits per heavy atom. The summed E-state index contributed by atoms with van der Waals surface area (Å²) in [6.45, 7) is 7.68. The van der Waals surface area contributed by atoms with Crippen LogP contribution >= 0.6 is 0 Å². The van der Waals surface area contributed by atoms with Crippen LogP contribution in [-0.4, -0.2) is 38.3 Å². The molecule has 1 aliphatic heterocycles. The van der Waals surface area contributed by atoms with Gasteiger partial charge in [-0.15, -0.1) is 10.2 Å². The van der Waals surface area contributed by atoms with Crippen molar-refractivity contribution in [2.24, 2.45) is 11.1 Å². The van der Waals surface area contributed by atoms with Crippen LogP contribution in [0, 0.1) is 5.41 Å². The molecule has 2 aliphatic rings. The molecule has 1 aromatic rings. The van der Waals surface area contributed by atoms with Crippen molar-refractivity contribution >= 4 is 0 Å². The van der Waals surface area contributed by atoms with Gasteiger partial charge in [0.1, 0.15) is 12.2 Å². The molecule has 18 heavy (non-hydrogen) atoms. The van der Waals surface area contributed by atoms with Crippen LogP contribution in [0.15, 0.2) is 6.33 Å².